The van der Waals surface area contributed by atoms with Crippen molar-refractivity contribution in [2.45, 2.75) is 26.4 Å². The number of benzene rings is 10. The molecule has 0 amide bonds. The quantitative estimate of drug-likeness (QED) is 0.122. The number of fused-ring (bicyclic) bond motifs is 22. The number of hydrogen-bond donors (Lipinski definition) is 0. The lowest BCUT2D eigenvalue weighted by Crippen LogP contribution is -2.24. The van der Waals surface area contributed by atoms with Crippen LogP contribution in [-0.2, 0) is 45.4 Å². The van der Waals surface area contributed by atoms with Gasteiger partial charge in [-0.25, -0.2) is 19.2 Å². The van der Waals surface area contributed by atoms with Gasteiger partial charge in [-0.3, -0.25) is 0 Å². The molecular weight excluding hydrogens is 961 g/mol. The summed E-state index contributed by atoms with van der Waals surface area (Å²) >= 11 is 0. The number of hydrogen-bond acceptors (Lipinski definition) is 12. The molecule has 0 saturated heterocycles. The first-order valence-electron chi connectivity index (χ1n) is 24.6. The van der Waals surface area contributed by atoms with E-state index in [0.29, 0.717) is 45.3 Å². The fraction of sp³-hybridized carbons (Fsp3) is 0.125. The maximum absolute atomic E-state index is 13.3. The van der Waals surface area contributed by atoms with Crippen molar-refractivity contribution in [3.05, 3.63) is 190 Å². The minimum absolute atomic E-state index is 0.101. The van der Waals surface area contributed by atoms with E-state index in [1.807, 2.05) is 146 Å². The zero-order valence-corrected chi connectivity index (χ0v) is 41.6. The lowest BCUT2D eigenvalue weighted by Gasteiger charge is -2.33. The Bertz CT molecular complexity index is 3670. The molecule has 4 heterocycles. The van der Waals surface area contributed by atoms with Gasteiger partial charge in [0, 0.05) is 66.8 Å². The summed E-state index contributed by atoms with van der Waals surface area (Å²) in [7, 11) is 5.23. The van der Waals surface area contributed by atoms with E-state index in [-0.39, 0.29) is 48.7 Å². The molecule has 0 fully saturated rings. The van der Waals surface area contributed by atoms with Gasteiger partial charge < -0.3 is 37.9 Å². The molecule has 0 radical (unpaired) electrons. The van der Waals surface area contributed by atoms with Crippen LogP contribution < -0.4 is 18.9 Å². The second-order valence-electron chi connectivity index (χ2n) is 18.7. The molecular formula is C64H44O12. The van der Waals surface area contributed by atoms with Crippen LogP contribution in [0.1, 0.15) is 63.7 Å². The largest absolute Gasteiger partial charge is 0.488 e. The number of rotatable bonds is 4. The fourth-order valence-corrected chi connectivity index (χ4v) is 11.8. The zero-order valence-electron chi connectivity index (χ0n) is 41.6. The Hall–Kier alpha value is -9.68. The molecule has 10 aromatic carbocycles. The predicted molar refractivity (Wildman–Crippen MR) is 287 cm³/mol. The highest BCUT2D eigenvalue weighted by Gasteiger charge is 2.41. The summed E-state index contributed by atoms with van der Waals surface area (Å²) in [6.07, 6.45) is 0. The molecule has 12 heteroatoms. The first-order valence-corrected chi connectivity index (χ1v) is 24.6. The second-order valence-corrected chi connectivity index (χ2v) is 18.7. The van der Waals surface area contributed by atoms with E-state index in [1.165, 1.54) is 28.4 Å². The summed E-state index contributed by atoms with van der Waals surface area (Å²) < 4.78 is 45.8. The van der Waals surface area contributed by atoms with Crippen LogP contribution >= 0.6 is 0 Å². The highest BCUT2D eigenvalue weighted by molar-refractivity contribution is 6.18. The number of esters is 4. The van der Waals surface area contributed by atoms with Crippen LogP contribution in [0.5, 0.6) is 23.0 Å². The Balaban J connectivity index is 0.000000146. The minimum atomic E-state index is -0.625. The monoisotopic (exact) mass is 1000 g/mol. The molecule has 0 spiro atoms. The Morgan fingerprint density at radius 3 is 0.711 bits per heavy atom. The summed E-state index contributed by atoms with van der Waals surface area (Å²) in [5, 5.41) is 8.12. The van der Waals surface area contributed by atoms with E-state index in [9.17, 15) is 19.2 Å². The summed E-state index contributed by atoms with van der Waals surface area (Å²) in [6.45, 7) is 0.402. The Morgan fingerprint density at radius 2 is 0.500 bits per heavy atom. The Kier molecular flexibility index (Phi) is 11.0. The Labute approximate surface area is 434 Å². The molecule has 12 nitrogen and oxygen atoms in total. The van der Waals surface area contributed by atoms with Crippen LogP contribution in [0.25, 0.3) is 87.6 Å². The standard InChI is InChI=1S/2C32H22O6/c2*1-35-31(33)29-21-15-37-23-13-11-17-7-3-5-9-19(17)25(23)27(21)28-22(30(29)32(34)36-2)16-38-24-14-12-18-8-4-6-10-20(18)26(24)28/h2*3-14H,15-16H2,1-2H3. The van der Waals surface area contributed by atoms with Crippen molar-refractivity contribution in [3.8, 4) is 67.5 Å². The van der Waals surface area contributed by atoms with Crippen LogP contribution in [0.3, 0.4) is 0 Å². The maximum atomic E-state index is 13.3. The van der Waals surface area contributed by atoms with Crippen molar-refractivity contribution in [1.29, 1.82) is 0 Å². The van der Waals surface area contributed by atoms with E-state index in [4.69, 9.17) is 37.9 Å². The first-order chi connectivity index (χ1) is 37.2. The SMILES string of the molecule is COC(=O)c1c2c(c3c(c1C(=O)OC)COc1ccc4ccccc4c1-3)-c1c(ccc3ccccc13)OC2.COC(=O)c1c2c(c3c(c1C(=O)OC)COc1ccc4ccccc4c1-3)-c1c(ccc3ccccc13)OC2. The van der Waals surface area contributed by atoms with Gasteiger partial charge >= 0.3 is 23.9 Å². The molecule has 76 heavy (non-hydrogen) atoms. The number of carbonyl (C=O) groups excluding carboxylic acids is 4. The van der Waals surface area contributed by atoms with Crippen LogP contribution in [0.2, 0.25) is 0 Å². The topological polar surface area (TPSA) is 142 Å². The van der Waals surface area contributed by atoms with Crippen molar-refractivity contribution in [3.63, 3.8) is 0 Å². The van der Waals surface area contributed by atoms with Crippen molar-refractivity contribution < 1.29 is 57.1 Å². The van der Waals surface area contributed by atoms with E-state index >= 15 is 0 Å². The molecule has 0 saturated carbocycles. The Morgan fingerprint density at radius 1 is 0.289 bits per heavy atom. The molecule has 0 unspecified atom stereocenters. The normalized spacial score (nSPS) is 12.9. The molecule has 4 aliphatic heterocycles. The van der Waals surface area contributed by atoms with Crippen molar-refractivity contribution in [2.24, 2.45) is 0 Å². The van der Waals surface area contributed by atoms with Crippen LogP contribution in [0.4, 0.5) is 0 Å². The molecule has 372 valence electrons. The lowest BCUT2D eigenvalue weighted by molar-refractivity contribution is 0.0550. The molecule has 4 aliphatic rings. The second kappa shape index (κ2) is 18.1. The summed E-state index contributed by atoms with van der Waals surface area (Å²) in [4.78, 5) is 53.3. The van der Waals surface area contributed by atoms with Gasteiger partial charge in [-0.1, -0.05) is 121 Å². The van der Waals surface area contributed by atoms with Crippen molar-refractivity contribution in [2.75, 3.05) is 28.4 Å². The van der Waals surface area contributed by atoms with Gasteiger partial charge in [0.15, 0.2) is 0 Å². The van der Waals surface area contributed by atoms with E-state index in [2.05, 4.69) is 0 Å². The minimum Gasteiger partial charge on any atom is -0.488 e. The van der Waals surface area contributed by atoms with Gasteiger partial charge in [0.2, 0.25) is 0 Å². The third-order valence-electron chi connectivity index (χ3n) is 15.0. The number of ether oxygens (including phenoxy) is 8. The number of methoxy groups -OCH3 is 4. The van der Waals surface area contributed by atoms with E-state index < -0.39 is 23.9 Å². The molecule has 0 bridgehead atoms. The summed E-state index contributed by atoms with van der Waals surface area (Å²) in [6, 6.07) is 48.3. The highest BCUT2D eigenvalue weighted by atomic mass is 16.5. The average Bonchev–Trinajstić information content (AvgIpc) is 3.53. The number of carbonyl (C=O) groups is 4. The van der Waals surface area contributed by atoms with Crippen molar-refractivity contribution >= 4 is 67.0 Å². The first kappa shape index (κ1) is 46.1. The average molecular weight is 1010 g/mol. The molecule has 0 aliphatic carbocycles. The van der Waals surface area contributed by atoms with Gasteiger partial charge in [0.25, 0.3) is 0 Å². The van der Waals surface area contributed by atoms with Gasteiger partial charge in [-0.2, -0.15) is 0 Å². The van der Waals surface area contributed by atoms with Crippen LogP contribution in [0, 0.1) is 0 Å². The lowest BCUT2D eigenvalue weighted by atomic mass is 9.77. The molecule has 10 aromatic rings. The molecule has 0 aromatic heterocycles. The third kappa shape index (κ3) is 6.83. The van der Waals surface area contributed by atoms with Gasteiger partial charge in [-0.15, -0.1) is 0 Å². The summed E-state index contributed by atoms with van der Waals surface area (Å²) in [5.41, 5.74) is 9.92. The van der Waals surface area contributed by atoms with Gasteiger partial charge in [0.1, 0.15) is 49.4 Å². The smallest absolute Gasteiger partial charge is 0.339 e. The summed E-state index contributed by atoms with van der Waals surface area (Å²) in [5.74, 6) is 0.366. The fourth-order valence-electron chi connectivity index (χ4n) is 11.8. The molecule has 14 rings (SSSR count). The van der Waals surface area contributed by atoms with Crippen LogP contribution in [0.15, 0.2) is 146 Å². The molecule has 0 atom stereocenters. The van der Waals surface area contributed by atoms with Gasteiger partial charge in [-0.05, 0) is 67.4 Å². The van der Waals surface area contributed by atoms with E-state index in [1.54, 1.807) is 0 Å². The maximum Gasteiger partial charge on any atom is 0.339 e. The van der Waals surface area contributed by atoms with Crippen LogP contribution in [-0.4, -0.2) is 52.3 Å². The van der Waals surface area contributed by atoms with Crippen molar-refractivity contribution in [1.82, 2.24) is 0 Å². The van der Waals surface area contributed by atoms with Gasteiger partial charge in [0.05, 0.1) is 50.7 Å². The highest BCUT2D eigenvalue weighted by Crippen LogP contribution is 2.57. The molecule has 0 N–H and O–H groups in total. The zero-order chi connectivity index (χ0) is 51.9. The third-order valence-corrected chi connectivity index (χ3v) is 15.0. The van der Waals surface area contributed by atoms with E-state index in [0.717, 1.165) is 87.6 Å². The predicted octanol–water partition coefficient (Wildman–Crippen LogP) is 13.4.